The molecule has 19 heavy (non-hydrogen) atoms. The van der Waals surface area contributed by atoms with E-state index in [0.717, 1.165) is 30.8 Å². The van der Waals surface area contributed by atoms with Gasteiger partial charge >= 0.3 is 6.09 Å². The van der Waals surface area contributed by atoms with Gasteiger partial charge in [0, 0.05) is 18.4 Å². The van der Waals surface area contributed by atoms with E-state index in [0.29, 0.717) is 5.92 Å². The van der Waals surface area contributed by atoms with Crippen molar-refractivity contribution < 1.29 is 9.53 Å². The number of ether oxygens (including phenoxy) is 1. The van der Waals surface area contributed by atoms with Crippen molar-refractivity contribution in [1.29, 1.82) is 0 Å². The van der Waals surface area contributed by atoms with Crippen LogP contribution in [0.25, 0.3) is 0 Å². The smallest absolute Gasteiger partial charge is 0.410 e. The van der Waals surface area contributed by atoms with E-state index < -0.39 is 5.60 Å². The topological polar surface area (TPSA) is 29.5 Å². The SMILES string of the molecule is CC(CBr)CCC1CCCN(C(=O)OC(C)(C)C)C1. The van der Waals surface area contributed by atoms with Crippen LogP contribution >= 0.6 is 15.9 Å². The van der Waals surface area contributed by atoms with Crippen LogP contribution in [0.2, 0.25) is 0 Å². The molecule has 1 rings (SSSR count). The number of amides is 1. The van der Waals surface area contributed by atoms with Crippen LogP contribution in [0.4, 0.5) is 4.79 Å². The fraction of sp³-hybridized carbons (Fsp3) is 0.933. The Morgan fingerprint density at radius 1 is 1.47 bits per heavy atom. The van der Waals surface area contributed by atoms with E-state index in [9.17, 15) is 4.79 Å². The summed E-state index contributed by atoms with van der Waals surface area (Å²) >= 11 is 3.52. The van der Waals surface area contributed by atoms with Crippen molar-refractivity contribution in [3.63, 3.8) is 0 Å². The summed E-state index contributed by atoms with van der Waals surface area (Å²) in [6.45, 7) is 9.74. The molecule has 1 saturated heterocycles. The van der Waals surface area contributed by atoms with Crippen molar-refractivity contribution in [3.05, 3.63) is 0 Å². The summed E-state index contributed by atoms with van der Waals surface area (Å²) in [7, 11) is 0. The number of likely N-dealkylation sites (tertiary alicyclic amines) is 1. The molecule has 0 spiro atoms. The van der Waals surface area contributed by atoms with Crippen molar-refractivity contribution in [2.24, 2.45) is 11.8 Å². The van der Waals surface area contributed by atoms with Gasteiger partial charge in [0.05, 0.1) is 0 Å². The maximum Gasteiger partial charge on any atom is 0.410 e. The second-order valence-electron chi connectivity index (χ2n) is 6.77. The van der Waals surface area contributed by atoms with E-state index in [4.69, 9.17) is 4.74 Å². The number of halogens is 1. The molecule has 112 valence electrons. The maximum absolute atomic E-state index is 12.0. The molecule has 1 fully saturated rings. The Labute approximate surface area is 126 Å². The lowest BCUT2D eigenvalue weighted by Crippen LogP contribution is -2.42. The zero-order chi connectivity index (χ0) is 14.5. The minimum absolute atomic E-state index is 0.147. The molecule has 1 aliphatic heterocycles. The van der Waals surface area contributed by atoms with Crippen LogP contribution in [0.1, 0.15) is 53.4 Å². The first-order valence-electron chi connectivity index (χ1n) is 7.35. The summed E-state index contributed by atoms with van der Waals surface area (Å²) in [6, 6.07) is 0. The monoisotopic (exact) mass is 333 g/mol. The van der Waals surface area contributed by atoms with Crippen LogP contribution in [0, 0.1) is 11.8 Å². The lowest BCUT2D eigenvalue weighted by molar-refractivity contribution is 0.0159. The molecule has 4 heteroatoms. The van der Waals surface area contributed by atoms with Crippen LogP contribution in [-0.2, 0) is 4.74 Å². The Morgan fingerprint density at radius 2 is 2.16 bits per heavy atom. The minimum atomic E-state index is -0.394. The Hall–Kier alpha value is -0.250. The second-order valence-corrected chi connectivity index (χ2v) is 7.42. The van der Waals surface area contributed by atoms with E-state index in [-0.39, 0.29) is 6.09 Å². The van der Waals surface area contributed by atoms with E-state index in [1.807, 2.05) is 25.7 Å². The van der Waals surface area contributed by atoms with Gasteiger partial charge in [-0.05, 0) is 58.3 Å². The van der Waals surface area contributed by atoms with Gasteiger partial charge in [0.25, 0.3) is 0 Å². The predicted molar refractivity (Wildman–Crippen MR) is 82.7 cm³/mol. The third kappa shape index (κ3) is 6.64. The molecule has 3 nitrogen and oxygen atoms in total. The zero-order valence-electron chi connectivity index (χ0n) is 12.7. The van der Waals surface area contributed by atoms with Gasteiger partial charge in [-0.2, -0.15) is 0 Å². The average molecular weight is 334 g/mol. The number of alkyl halides is 1. The highest BCUT2D eigenvalue weighted by Crippen LogP contribution is 2.24. The van der Waals surface area contributed by atoms with Gasteiger partial charge in [-0.25, -0.2) is 4.79 Å². The molecule has 2 atom stereocenters. The molecule has 0 bridgehead atoms. The Bertz CT molecular complexity index is 288. The Balaban J connectivity index is 2.39. The first-order valence-corrected chi connectivity index (χ1v) is 8.48. The number of piperidine rings is 1. The fourth-order valence-electron chi connectivity index (χ4n) is 2.39. The summed E-state index contributed by atoms with van der Waals surface area (Å²) in [5.74, 6) is 1.36. The van der Waals surface area contributed by atoms with Gasteiger partial charge < -0.3 is 9.64 Å². The van der Waals surface area contributed by atoms with Gasteiger partial charge in [-0.15, -0.1) is 0 Å². The summed E-state index contributed by atoms with van der Waals surface area (Å²) in [4.78, 5) is 13.9. The standard InChI is InChI=1S/C15H28BrNO2/c1-12(10-16)7-8-13-6-5-9-17(11-13)14(18)19-15(2,3)4/h12-13H,5-11H2,1-4H3. The lowest BCUT2D eigenvalue weighted by atomic mass is 9.91. The van der Waals surface area contributed by atoms with Crippen LogP contribution in [0.3, 0.4) is 0 Å². The molecule has 0 aromatic heterocycles. The molecular weight excluding hydrogens is 306 g/mol. The largest absolute Gasteiger partial charge is 0.444 e. The quantitative estimate of drug-likeness (QED) is 0.711. The molecule has 1 aliphatic rings. The molecule has 1 amide bonds. The summed E-state index contributed by atoms with van der Waals surface area (Å²) in [5, 5.41) is 1.06. The van der Waals surface area contributed by atoms with Crippen molar-refractivity contribution in [1.82, 2.24) is 4.90 Å². The van der Waals surface area contributed by atoms with E-state index in [1.165, 1.54) is 19.3 Å². The van der Waals surface area contributed by atoms with Crippen molar-refractivity contribution >= 4 is 22.0 Å². The molecular formula is C15H28BrNO2. The highest BCUT2D eigenvalue weighted by molar-refractivity contribution is 9.09. The normalized spacial score (nSPS) is 22.2. The molecule has 0 aromatic rings. The molecule has 0 N–H and O–H groups in total. The Morgan fingerprint density at radius 3 is 2.74 bits per heavy atom. The van der Waals surface area contributed by atoms with Gasteiger partial charge in [0.2, 0.25) is 0 Å². The van der Waals surface area contributed by atoms with E-state index in [2.05, 4.69) is 22.9 Å². The van der Waals surface area contributed by atoms with E-state index >= 15 is 0 Å². The molecule has 2 unspecified atom stereocenters. The second kappa shape index (κ2) is 7.51. The molecule has 0 saturated carbocycles. The Kier molecular flexibility index (Phi) is 6.64. The molecule has 1 heterocycles. The van der Waals surface area contributed by atoms with Crippen LogP contribution in [0.15, 0.2) is 0 Å². The van der Waals surface area contributed by atoms with Gasteiger partial charge in [-0.1, -0.05) is 22.9 Å². The third-order valence-corrected chi connectivity index (χ3v) is 4.61. The highest BCUT2D eigenvalue weighted by Gasteiger charge is 2.27. The maximum atomic E-state index is 12.0. The first-order chi connectivity index (χ1) is 8.81. The van der Waals surface area contributed by atoms with Gasteiger partial charge in [0.1, 0.15) is 5.60 Å². The van der Waals surface area contributed by atoms with Crippen LogP contribution in [0.5, 0.6) is 0 Å². The third-order valence-electron chi connectivity index (χ3n) is 3.50. The minimum Gasteiger partial charge on any atom is -0.444 e. The van der Waals surface area contributed by atoms with E-state index in [1.54, 1.807) is 0 Å². The van der Waals surface area contributed by atoms with Crippen molar-refractivity contribution in [2.75, 3.05) is 18.4 Å². The van der Waals surface area contributed by atoms with Gasteiger partial charge in [0.15, 0.2) is 0 Å². The van der Waals surface area contributed by atoms with Crippen LogP contribution in [-0.4, -0.2) is 35.0 Å². The number of hydrogen-bond acceptors (Lipinski definition) is 2. The zero-order valence-corrected chi connectivity index (χ0v) is 14.3. The van der Waals surface area contributed by atoms with Crippen molar-refractivity contribution in [2.45, 2.75) is 59.0 Å². The summed E-state index contributed by atoms with van der Waals surface area (Å²) in [5.41, 5.74) is -0.394. The van der Waals surface area contributed by atoms with Crippen LogP contribution < -0.4 is 0 Å². The highest BCUT2D eigenvalue weighted by atomic mass is 79.9. The predicted octanol–water partition coefficient (Wildman–Crippen LogP) is 4.44. The lowest BCUT2D eigenvalue weighted by Gasteiger charge is -2.34. The molecule has 0 radical (unpaired) electrons. The molecule has 0 aliphatic carbocycles. The summed E-state index contributed by atoms with van der Waals surface area (Å²) in [6.07, 6.45) is 4.65. The number of carbonyl (C=O) groups excluding carboxylic acids is 1. The summed E-state index contributed by atoms with van der Waals surface area (Å²) < 4.78 is 5.45. The number of rotatable bonds is 4. The number of nitrogens with zero attached hydrogens (tertiary/aromatic N) is 1. The fourth-order valence-corrected chi connectivity index (χ4v) is 2.71. The molecule has 0 aromatic carbocycles. The number of carbonyl (C=O) groups is 1. The van der Waals surface area contributed by atoms with Crippen molar-refractivity contribution in [3.8, 4) is 0 Å². The first kappa shape index (κ1) is 16.8. The van der Waals surface area contributed by atoms with Gasteiger partial charge in [-0.3, -0.25) is 0 Å². The number of hydrogen-bond donors (Lipinski definition) is 0. The average Bonchev–Trinajstić information content (AvgIpc) is 2.34.